The molecule has 1 aromatic rings. The molecule has 4 heteroatoms. The fourth-order valence-corrected chi connectivity index (χ4v) is 1.46. The zero-order valence-corrected chi connectivity index (χ0v) is 9.13. The largest absolute Gasteiger partial charge is 0.496 e. The number of aliphatic hydroxyl groups excluding tert-OH is 1. The van der Waals surface area contributed by atoms with Gasteiger partial charge in [-0.05, 0) is 13.0 Å². The summed E-state index contributed by atoms with van der Waals surface area (Å²) < 4.78 is 10.1. The van der Waals surface area contributed by atoms with Gasteiger partial charge in [-0.3, -0.25) is 0 Å². The fourth-order valence-electron chi connectivity index (χ4n) is 1.21. The van der Waals surface area contributed by atoms with Gasteiger partial charge in [0.05, 0.1) is 25.3 Å². The summed E-state index contributed by atoms with van der Waals surface area (Å²) in [4.78, 5) is 0. The van der Waals surface area contributed by atoms with E-state index < -0.39 is 6.10 Å². The van der Waals surface area contributed by atoms with Gasteiger partial charge in [-0.15, -0.1) is 0 Å². The van der Waals surface area contributed by atoms with Crippen molar-refractivity contribution in [1.29, 1.82) is 0 Å². The Morgan fingerprint density at radius 2 is 1.79 bits per heavy atom. The molecule has 78 valence electrons. The molecule has 0 aliphatic carbocycles. The van der Waals surface area contributed by atoms with Gasteiger partial charge in [-0.2, -0.15) is 0 Å². The molecular formula is C10H13ClO3. The number of hydrogen-bond acceptors (Lipinski definition) is 3. The summed E-state index contributed by atoms with van der Waals surface area (Å²) >= 11 is 5.91. The average Bonchev–Trinajstić information content (AvgIpc) is 2.17. The Balaban J connectivity index is 3.24. The van der Waals surface area contributed by atoms with Crippen LogP contribution in [0.25, 0.3) is 0 Å². The molecule has 0 unspecified atom stereocenters. The van der Waals surface area contributed by atoms with Crippen LogP contribution in [0.3, 0.4) is 0 Å². The van der Waals surface area contributed by atoms with Gasteiger partial charge in [-0.1, -0.05) is 11.6 Å². The highest BCUT2D eigenvalue weighted by Crippen LogP contribution is 2.35. The Labute approximate surface area is 88.2 Å². The first-order valence-electron chi connectivity index (χ1n) is 4.19. The summed E-state index contributed by atoms with van der Waals surface area (Å²) in [5.41, 5.74) is 0.651. The third-order valence-electron chi connectivity index (χ3n) is 1.95. The van der Waals surface area contributed by atoms with E-state index in [2.05, 4.69) is 0 Å². The molecule has 1 aromatic carbocycles. The lowest BCUT2D eigenvalue weighted by Gasteiger charge is -2.13. The van der Waals surface area contributed by atoms with Gasteiger partial charge < -0.3 is 14.6 Å². The van der Waals surface area contributed by atoms with Crippen molar-refractivity contribution in [2.75, 3.05) is 14.2 Å². The highest BCUT2D eigenvalue weighted by molar-refractivity contribution is 6.32. The quantitative estimate of drug-likeness (QED) is 0.844. The van der Waals surface area contributed by atoms with Gasteiger partial charge in [0.1, 0.15) is 11.5 Å². The van der Waals surface area contributed by atoms with Crippen LogP contribution in [-0.4, -0.2) is 19.3 Å². The second-order valence-electron chi connectivity index (χ2n) is 2.90. The maximum Gasteiger partial charge on any atom is 0.141 e. The van der Waals surface area contributed by atoms with E-state index in [-0.39, 0.29) is 0 Å². The number of methoxy groups -OCH3 is 2. The van der Waals surface area contributed by atoms with E-state index in [9.17, 15) is 5.11 Å². The van der Waals surface area contributed by atoms with Crippen molar-refractivity contribution in [2.24, 2.45) is 0 Å². The topological polar surface area (TPSA) is 38.7 Å². The van der Waals surface area contributed by atoms with Crippen LogP contribution in [0.5, 0.6) is 11.5 Å². The lowest BCUT2D eigenvalue weighted by atomic mass is 10.1. The number of hydrogen-bond donors (Lipinski definition) is 1. The molecule has 0 saturated heterocycles. The maximum absolute atomic E-state index is 9.44. The van der Waals surface area contributed by atoms with E-state index in [1.54, 1.807) is 19.1 Å². The van der Waals surface area contributed by atoms with E-state index in [0.29, 0.717) is 22.1 Å². The van der Waals surface area contributed by atoms with Crippen LogP contribution in [0.1, 0.15) is 18.6 Å². The Hall–Kier alpha value is -0.930. The summed E-state index contributed by atoms with van der Waals surface area (Å²) in [7, 11) is 3.07. The van der Waals surface area contributed by atoms with Crippen LogP contribution in [0.2, 0.25) is 5.02 Å². The highest BCUT2D eigenvalue weighted by atomic mass is 35.5. The third-order valence-corrected chi connectivity index (χ3v) is 2.25. The standard InChI is InChI=1S/C10H13ClO3/c1-6(12)7-4-8(11)10(14-3)5-9(7)13-2/h4-6,12H,1-3H3/t6-/m1/s1. The Bertz CT molecular complexity index is 323. The second kappa shape index (κ2) is 4.53. The summed E-state index contributed by atoms with van der Waals surface area (Å²) in [6.45, 7) is 1.65. The van der Waals surface area contributed by atoms with Gasteiger partial charge in [0.15, 0.2) is 0 Å². The Morgan fingerprint density at radius 3 is 2.21 bits per heavy atom. The number of rotatable bonds is 3. The molecule has 0 fully saturated rings. The van der Waals surface area contributed by atoms with Crippen molar-refractivity contribution in [3.63, 3.8) is 0 Å². The minimum absolute atomic E-state index is 0.462. The van der Waals surface area contributed by atoms with Crippen LogP contribution in [-0.2, 0) is 0 Å². The van der Waals surface area contributed by atoms with Gasteiger partial charge in [0.2, 0.25) is 0 Å². The van der Waals surface area contributed by atoms with Crippen LogP contribution in [0.15, 0.2) is 12.1 Å². The fraction of sp³-hybridized carbons (Fsp3) is 0.400. The maximum atomic E-state index is 9.44. The molecule has 0 amide bonds. The van der Waals surface area contributed by atoms with Gasteiger partial charge in [0, 0.05) is 11.6 Å². The summed E-state index contributed by atoms with van der Waals surface area (Å²) in [6.07, 6.45) is -0.617. The number of halogens is 1. The van der Waals surface area contributed by atoms with Crippen LogP contribution >= 0.6 is 11.6 Å². The second-order valence-corrected chi connectivity index (χ2v) is 3.31. The predicted molar refractivity (Wildman–Crippen MR) is 55.2 cm³/mol. The van der Waals surface area contributed by atoms with Crippen LogP contribution in [0.4, 0.5) is 0 Å². The molecule has 0 aliphatic heterocycles. The molecule has 3 nitrogen and oxygen atoms in total. The van der Waals surface area contributed by atoms with E-state index in [4.69, 9.17) is 21.1 Å². The summed E-state index contributed by atoms with van der Waals surface area (Å²) in [6, 6.07) is 3.30. The molecule has 14 heavy (non-hydrogen) atoms. The number of aliphatic hydroxyl groups is 1. The first-order valence-corrected chi connectivity index (χ1v) is 4.57. The number of ether oxygens (including phenoxy) is 2. The normalized spacial score (nSPS) is 12.4. The predicted octanol–water partition coefficient (Wildman–Crippen LogP) is 2.41. The molecule has 0 aromatic heterocycles. The van der Waals surface area contributed by atoms with Crippen molar-refractivity contribution in [2.45, 2.75) is 13.0 Å². The van der Waals surface area contributed by atoms with Gasteiger partial charge >= 0.3 is 0 Å². The summed E-state index contributed by atoms with van der Waals surface area (Å²) in [5, 5.41) is 9.91. The van der Waals surface area contributed by atoms with E-state index >= 15 is 0 Å². The first kappa shape index (κ1) is 11.1. The monoisotopic (exact) mass is 216 g/mol. The van der Waals surface area contributed by atoms with Gasteiger partial charge in [-0.25, -0.2) is 0 Å². The van der Waals surface area contributed by atoms with Crippen molar-refractivity contribution >= 4 is 11.6 Å². The molecular weight excluding hydrogens is 204 g/mol. The SMILES string of the molecule is COc1cc(OC)c([C@@H](C)O)cc1Cl. The zero-order valence-electron chi connectivity index (χ0n) is 8.37. The minimum Gasteiger partial charge on any atom is -0.496 e. The minimum atomic E-state index is -0.617. The van der Waals surface area contributed by atoms with Crippen molar-refractivity contribution in [3.05, 3.63) is 22.7 Å². The molecule has 0 saturated carbocycles. The average molecular weight is 217 g/mol. The van der Waals surface area contributed by atoms with Crippen molar-refractivity contribution < 1.29 is 14.6 Å². The van der Waals surface area contributed by atoms with E-state index in [1.165, 1.54) is 14.2 Å². The van der Waals surface area contributed by atoms with Crippen LogP contribution < -0.4 is 9.47 Å². The van der Waals surface area contributed by atoms with E-state index in [0.717, 1.165) is 0 Å². The molecule has 0 aliphatic rings. The molecule has 1 N–H and O–H groups in total. The molecule has 0 heterocycles. The third kappa shape index (κ3) is 2.11. The zero-order chi connectivity index (χ0) is 10.7. The molecule has 0 bridgehead atoms. The molecule has 1 atom stereocenters. The Kier molecular flexibility index (Phi) is 3.61. The van der Waals surface area contributed by atoms with E-state index in [1.807, 2.05) is 0 Å². The Morgan fingerprint density at radius 1 is 1.21 bits per heavy atom. The van der Waals surface area contributed by atoms with Gasteiger partial charge in [0.25, 0.3) is 0 Å². The van der Waals surface area contributed by atoms with Crippen molar-refractivity contribution in [1.82, 2.24) is 0 Å². The summed E-state index contributed by atoms with van der Waals surface area (Å²) in [5.74, 6) is 1.11. The lowest BCUT2D eigenvalue weighted by molar-refractivity contribution is 0.194. The first-order chi connectivity index (χ1) is 6.60. The number of benzene rings is 1. The lowest BCUT2D eigenvalue weighted by Crippen LogP contribution is -1.97. The molecule has 0 spiro atoms. The molecule has 1 rings (SSSR count). The smallest absolute Gasteiger partial charge is 0.141 e. The highest BCUT2D eigenvalue weighted by Gasteiger charge is 2.13. The molecule has 0 radical (unpaired) electrons. The van der Waals surface area contributed by atoms with Crippen LogP contribution in [0, 0.1) is 0 Å². The van der Waals surface area contributed by atoms with Crippen molar-refractivity contribution in [3.8, 4) is 11.5 Å².